The van der Waals surface area contributed by atoms with Crippen LogP contribution in [0.3, 0.4) is 0 Å². The van der Waals surface area contributed by atoms with Gasteiger partial charge in [-0.05, 0) is 12.3 Å². The summed E-state index contributed by atoms with van der Waals surface area (Å²) in [5.74, 6) is 0.831. The number of aromatic amines is 1. The van der Waals surface area contributed by atoms with E-state index >= 15 is 0 Å². The Balaban J connectivity index is 1.74. The molecule has 0 aromatic carbocycles. The molecule has 5 nitrogen and oxygen atoms in total. The number of H-pyrrole nitrogens is 1. The van der Waals surface area contributed by atoms with Crippen molar-refractivity contribution in [3.63, 3.8) is 0 Å². The molecule has 0 radical (unpaired) electrons. The molecule has 1 saturated carbocycles. The summed E-state index contributed by atoms with van der Waals surface area (Å²) in [6, 6.07) is 0. The van der Waals surface area contributed by atoms with Gasteiger partial charge in [0.2, 0.25) is 0 Å². The molecule has 1 N–H and O–H groups in total. The van der Waals surface area contributed by atoms with Crippen LogP contribution >= 0.6 is 11.3 Å². The first kappa shape index (κ1) is 12.8. The van der Waals surface area contributed by atoms with Gasteiger partial charge in [0.05, 0.1) is 18.1 Å². The number of aryl methyl sites for hydroxylation is 1. The second-order valence-electron chi connectivity index (χ2n) is 5.68. The molecule has 0 amide bonds. The highest BCUT2D eigenvalue weighted by Gasteiger charge is 2.23. The zero-order chi connectivity index (χ0) is 14.2. The van der Waals surface area contributed by atoms with E-state index in [9.17, 15) is 0 Å². The fraction of sp³-hybridized carbons (Fsp3) is 0.400. The first-order valence-corrected chi connectivity index (χ1v) is 8.09. The van der Waals surface area contributed by atoms with Crippen molar-refractivity contribution in [1.82, 2.24) is 25.0 Å². The lowest BCUT2D eigenvalue weighted by Gasteiger charge is -2.24. The van der Waals surface area contributed by atoms with Crippen LogP contribution in [-0.2, 0) is 13.5 Å². The van der Waals surface area contributed by atoms with Crippen molar-refractivity contribution in [2.45, 2.75) is 25.7 Å². The third-order valence-corrected chi connectivity index (χ3v) is 5.25. The largest absolute Gasteiger partial charge is 0.285 e. The fourth-order valence-corrected chi connectivity index (χ4v) is 3.88. The van der Waals surface area contributed by atoms with E-state index in [-0.39, 0.29) is 0 Å². The van der Waals surface area contributed by atoms with E-state index in [2.05, 4.69) is 15.3 Å². The van der Waals surface area contributed by atoms with E-state index in [0.717, 1.165) is 34.2 Å². The molecule has 6 heteroatoms. The van der Waals surface area contributed by atoms with E-state index in [1.54, 1.807) is 11.3 Å². The minimum atomic E-state index is 0.831. The van der Waals surface area contributed by atoms with Gasteiger partial charge in [0.1, 0.15) is 5.01 Å². The lowest BCUT2D eigenvalue weighted by atomic mass is 9.82. The number of aromatic nitrogens is 5. The molecule has 0 bridgehead atoms. The van der Waals surface area contributed by atoms with Gasteiger partial charge in [-0.15, -0.1) is 11.3 Å². The molecule has 108 valence electrons. The summed E-state index contributed by atoms with van der Waals surface area (Å²) >= 11 is 1.80. The number of thiazole rings is 1. The monoisotopic (exact) mass is 299 g/mol. The van der Waals surface area contributed by atoms with Crippen molar-refractivity contribution in [3.8, 4) is 21.8 Å². The van der Waals surface area contributed by atoms with Crippen molar-refractivity contribution in [1.29, 1.82) is 0 Å². The third-order valence-electron chi connectivity index (χ3n) is 4.12. The molecule has 1 aliphatic carbocycles. The van der Waals surface area contributed by atoms with Crippen LogP contribution < -0.4 is 0 Å². The summed E-state index contributed by atoms with van der Waals surface area (Å²) in [5.41, 5.74) is 3.25. The molecular weight excluding hydrogens is 282 g/mol. The van der Waals surface area contributed by atoms with Crippen molar-refractivity contribution < 1.29 is 0 Å². The van der Waals surface area contributed by atoms with Gasteiger partial charge >= 0.3 is 0 Å². The molecule has 0 unspecified atom stereocenters. The Bertz CT molecular complexity index is 736. The zero-order valence-corrected chi connectivity index (χ0v) is 12.7. The predicted octanol–water partition coefficient (Wildman–Crippen LogP) is 3.28. The molecule has 0 spiro atoms. The van der Waals surface area contributed by atoms with Crippen LogP contribution in [0.2, 0.25) is 0 Å². The van der Waals surface area contributed by atoms with Crippen LogP contribution in [0.15, 0.2) is 24.8 Å². The number of hydrogen-bond acceptors (Lipinski definition) is 4. The van der Waals surface area contributed by atoms with Crippen LogP contribution in [0.25, 0.3) is 21.8 Å². The first-order valence-electron chi connectivity index (χ1n) is 7.27. The van der Waals surface area contributed by atoms with E-state index in [4.69, 9.17) is 4.98 Å². The van der Waals surface area contributed by atoms with Crippen LogP contribution in [0.4, 0.5) is 0 Å². The number of rotatable bonds is 4. The van der Waals surface area contributed by atoms with Gasteiger partial charge in [0.15, 0.2) is 0 Å². The minimum Gasteiger partial charge on any atom is -0.285 e. The fourth-order valence-electron chi connectivity index (χ4n) is 2.71. The summed E-state index contributed by atoms with van der Waals surface area (Å²) in [6.07, 6.45) is 12.9. The molecular formula is C15H17N5S. The van der Waals surface area contributed by atoms with Crippen molar-refractivity contribution in [2.75, 3.05) is 0 Å². The number of nitrogens with one attached hydrogen (secondary N) is 1. The Hall–Kier alpha value is -1.95. The third kappa shape index (κ3) is 2.40. The Morgan fingerprint density at radius 1 is 1.33 bits per heavy atom. The van der Waals surface area contributed by atoms with Gasteiger partial charge in [0, 0.05) is 35.4 Å². The molecule has 0 saturated heterocycles. The Morgan fingerprint density at radius 3 is 2.86 bits per heavy atom. The Labute approximate surface area is 127 Å². The highest BCUT2D eigenvalue weighted by molar-refractivity contribution is 7.15. The van der Waals surface area contributed by atoms with Gasteiger partial charge < -0.3 is 0 Å². The van der Waals surface area contributed by atoms with E-state index in [0.29, 0.717) is 0 Å². The van der Waals surface area contributed by atoms with Crippen molar-refractivity contribution in [2.24, 2.45) is 13.0 Å². The number of nitrogens with zero attached hydrogens (tertiary/aromatic N) is 4. The van der Waals surface area contributed by atoms with Gasteiger partial charge in [-0.25, -0.2) is 4.98 Å². The molecule has 4 rings (SSSR count). The molecule has 3 aromatic rings. The standard InChI is InChI=1S/C15H17N5S/c1-20-9-12(8-18-20)15-19-14(11-6-16-17-7-11)13(21-15)5-10-3-2-4-10/h6-10H,2-5H2,1H3,(H,16,17). The van der Waals surface area contributed by atoms with Gasteiger partial charge in [-0.1, -0.05) is 19.3 Å². The van der Waals surface area contributed by atoms with E-state index in [1.807, 2.05) is 36.5 Å². The average molecular weight is 299 g/mol. The molecule has 3 aromatic heterocycles. The normalized spacial score (nSPS) is 15.3. The van der Waals surface area contributed by atoms with Gasteiger partial charge in [0.25, 0.3) is 0 Å². The summed E-state index contributed by atoms with van der Waals surface area (Å²) < 4.78 is 1.82. The highest BCUT2D eigenvalue weighted by atomic mass is 32.1. The van der Waals surface area contributed by atoms with Gasteiger partial charge in [-0.3, -0.25) is 9.78 Å². The Kier molecular flexibility index (Phi) is 3.11. The van der Waals surface area contributed by atoms with Crippen LogP contribution in [0.5, 0.6) is 0 Å². The topological polar surface area (TPSA) is 59.4 Å². The number of hydrogen-bond donors (Lipinski definition) is 1. The Morgan fingerprint density at radius 2 is 2.24 bits per heavy atom. The van der Waals surface area contributed by atoms with E-state index < -0.39 is 0 Å². The second kappa shape index (κ2) is 5.11. The summed E-state index contributed by atoms with van der Waals surface area (Å²) in [7, 11) is 1.93. The average Bonchev–Trinajstić information content (AvgIpc) is 3.13. The smallest absolute Gasteiger partial charge is 0.127 e. The summed E-state index contributed by atoms with van der Waals surface area (Å²) in [5, 5.41) is 12.2. The molecule has 1 aliphatic rings. The lowest BCUT2D eigenvalue weighted by Crippen LogP contribution is -2.13. The molecule has 0 aliphatic heterocycles. The van der Waals surface area contributed by atoms with Crippen molar-refractivity contribution >= 4 is 11.3 Å². The predicted molar refractivity (Wildman–Crippen MR) is 82.9 cm³/mol. The van der Waals surface area contributed by atoms with E-state index in [1.165, 1.54) is 24.1 Å². The van der Waals surface area contributed by atoms with Gasteiger partial charge in [-0.2, -0.15) is 10.2 Å². The zero-order valence-electron chi connectivity index (χ0n) is 11.9. The maximum absolute atomic E-state index is 4.85. The van der Waals surface area contributed by atoms with Crippen molar-refractivity contribution in [3.05, 3.63) is 29.7 Å². The maximum atomic E-state index is 4.85. The molecule has 0 atom stereocenters. The molecule has 21 heavy (non-hydrogen) atoms. The van der Waals surface area contributed by atoms with Crippen LogP contribution in [0, 0.1) is 5.92 Å². The summed E-state index contributed by atoms with van der Waals surface area (Å²) in [4.78, 5) is 6.23. The maximum Gasteiger partial charge on any atom is 0.127 e. The highest BCUT2D eigenvalue weighted by Crippen LogP contribution is 2.38. The summed E-state index contributed by atoms with van der Waals surface area (Å²) in [6.45, 7) is 0. The van der Waals surface area contributed by atoms with Crippen LogP contribution in [-0.4, -0.2) is 25.0 Å². The second-order valence-corrected chi connectivity index (χ2v) is 6.77. The molecule has 1 fully saturated rings. The first-order chi connectivity index (χ1) is 10.3. The van der Waals surface area contributed by atoms with Crippen LogP contribution in [0.1, 0.15) is 24.1 Å². The SMILES string of the molecule is Cn1cc(-c2nc(-c3cn[nH]c3)c(CC3CCC3)s2)cn1. The quantitative estimate of drug-likeness (QED) is 0.804. The lowest BCUT2D eigenvalue weighted by molar-refractivity contribution is 0.316. The molecule has 3 heterocycles. The minimum absolute atomic E-state index is 0.831.